The van der Waals surface area contributed by atoms with Crippen LogP contribution in [0.25, 0.3) is 16.6 Å². The van der Waals surface area contributed by atoms with Crippen LogP contribution >= 0.6 is 0 Å². The molecule has 1 aromatic carbocycles. The molecule has 0 spiro atoms. The van der Waals surface area contributed by atoms with Gasteiger partial charge < -0.3 is 10.1 Å². The van der Waals surface area contributed by atoms with Crippen molar-refractivity contribution in [1.29, 1.82) is 0 Å². The van der Waals surface area contributed by atoms with Gasteiger partial charge in [0, 0.05) is 23.9 Å². The molecule has 130 valence electrons. The van der Waals surface area contributed by atoms with Crippen molar-refractivity contribution in [2.45, 2.75) is 25.3 Å². The van der Waals surface area contributed by atoms with E-state index in [0.29, 0.717) is 18.3 Å². The molecule has 1 N–H and O–H groups in total. The lowest BCUT2D eigenvalue weighted by molar-refractivity contribution is 0.399. The zero-order chi connectivity index (χ0) is 17.5. The van der Waals surface area contributed by atoms with E-state index in [0.717, 1.165) is 33.8 Å². The predicted octanol–water partition coefficient (Wildman–Crippen LogP) is 3.17. The van der Waals surface area contributed by atoms with E-state index < -0.39 is 0 Å². The Kier molecular flexibility index (Phi) is 3.44. The van der Waals surface area contributed by atoms with Gasteiger partial charge in [0.1, 0.15) is 5.82 Å². The quantitative estimate of drug-likeness (QED) is 0.598. The summed E-state index contributed by atoms with van der Waals surface area (Å²) in [6.45, 7) is 0.624. The fraction of sp³-hybridized carbons (Fsp3) is 0.263. The average Bonchev–Trinajstić information content (AvgIpc) is 3.45. The molecule has 7 nitrogen and oxygen atoms in total. The van der Waals surface area contributed by atoms with Gasteiger partial charge in [-0.2, -0.15) is 4.52 Å². The first-order chi connectivity index (χ1) is 12.8. The minimum absolute atomic E-state index is 0.501. The van der Waals surface area contributed by atoms with Crippen LogP contribution in [0.2, 0.25) is 0 Å². The molecule has 0 radical (unpaired) electrons. The first kappa shape index (κ1) is 15.1. The van der Waals surface area contributed by atoms with Gasteiger partial charge in [-0.25, -0.2) is 4.98 Å². The van der Waals surface area contributed by atoms with Gasteiger partial charge in [-0.05, 0) is 36.6 Å². The Morgan fingerprint density at radius 1 is 1.15 bits per heavy atom. The third kappa shape index (κ3) is 2.61. The van der Waals surface area contributed by atoms with Gasteiger partial charge in [0.25, 0.3) is 0 Å². The number of hydrogen-bond acceptors (Lipinski definition) is 6. The van der Waals surface area contributed by atoms with Crippen molar-refractivity contribution in [2.24, 2.45) is 0 Å². The molecular formula is C19H18N6O. The average molecular weight is 346 g/mol. The zero-order valence-corrected chi connectivity index (χ0v) is 14.4. The van der Waals surface area contributed by atoms with Crippen LogP contribution in [-0.4, -0.2) is 31.9 Å². The van der Waals surface area contributed by atoms with Crippen molar-refractivity contribution in [3.63, 3.8) is 0 Å². The second-order valence-electron chi connectivity index (χ2n) is 6.52. The molecular weight excluding hydrogens is 328 g/mol. The Hall–Kier alpha value is -3.22. The number of aromatic nitrogens is 5. The van der Waals surface area contributed by atoms with Crippen molar-refractivity contribution in [1.82, 2.24) is 24.8 Å². The van der Waals surface area contributed by atoms with E-state index in [9.17, 15) is 0 Å². The van der Waals surface area contributed by atoms with Gasteiger partial charge in [-0.15, -0.1) is 15.3 Å². The second kappa shape index (κ2) is 5.94. The van der Waals surface area contributed by atoms with Crippen LogP contribution in [-0.2, 0) is 6.54 Å². The molecule has 0 unspecified atom stereocenters. The molecule has 26 heavy (non-hydrogen) atoms. The Morgan fingerprint density at radius 2 is 2.04 bits per heavy atom. The van der Waals surface area contributed by atoms with Crippen LogP contribution in [0.4, 0.5) is 5.82 Å². The first-order valence-corrected chi connectivity index (χ1v) is 8.71. The molecule has 4 aromatic rings. The van der Waals surface area contributed by atoms with Crippen molar-refractivity contribution in [3.05, 3.63) is 53.9 Å². The number of ether oxygens (including phenoxy) is 1. The Labute approximate surface area is 150 Å². The summed E-state index contributed by atoms with van der Waals surface area (Å²) < 4.78 is 7.19. The monoisotopic (exact) mass is 346 g/mol. The van der Waals surface area contributed by atoms with Crippen molar-refractivity contribution < 1.29 is 4.74 Å². The fourth-order valence-corrected chi connectivity index (χ4v) is 3.15. The minimum atomic E-state index is 0.501. The maximum atomic E-state index is 5.34. The number of hydrogen-bond donors (Lipinski definition) is 1. The van der Waals surface area contributed by atoms with E-state index in [1.54, 1.807) is 7.11 Å². The molecule has 7 heteroatoms. The molecule has 1 aliphatic carbocycles. The standard InChI is InChI=1S/C19H18N6O/c1-26-18-10-13(14-4-2-3-5-15(14)21-18)11-20-16-8-9-17-22-23-19(12-6-7-12)25(17)24-16/h2-5,8-10,12H,6-7,11H2,1H3,(H,20,24). The maximum absolute atomic E-state index is 5.34. The predicted molar refractivity (Wildman–Crippen MR) is 98.4 cm³/mol. The minimum Gasteiger partial charge on any atom is -0.481 e. The molecule has 5 rings (SSSR count). The van der Waals surface area contributed by atoms with Crippen LogP contribution in [0.1, 0.15) is 30.1 Å². The lowest BCUT2D eigenvalue weighted by Crippen LogP contribution is -2.06. The highest BCUT2D eigenvalue weighted by atomic mass is 16.5. The molecule has 0 atom stereocenters. The van der Waals surface area contributed by atoms with Crippen molar-refractivity contribution in [2.75, 3.05) is 12.4 Å². The van der Waals surface area contributed by atoms with E-state index in [-0.39, 0.29) is 0 Å². The Morgan fingerprint density at radius 3 is 2.88 bits per heavy atom. The topological polar surface area (TPSA) is 77.2 Å². The van der Waals surface area contributed by atoms with Crippen LogP contribution in [0, 0.1) is 0 Å². The van der Waals surface area contributed by atoms with Gasteiger partial charge >= 0.3 is 0 Å². The summed E-state index contributed by atoms with van der Waals surface area (Å²) in [6, 6.07) is 13.9. The van der Waals surface area contributed by atoms with Gasteiger partial charge in [-0.1, -0.05) is 18.2 Å². The molecule has 3 heterocycles. The molecule has 3 aromatic heterocycles. The number of pyridine rings is 1. The molecule has 0 bridgehead atoms. The first-order valence-electron chi connectivity index (χ1n) is 8.71. The van der Waals surface area contributed by atoms with Crippen LogP contribution in [0.15, 0.2) is 42.5 Å². The molecule has 1 aliphatic rings. The SMILES string of the molecule is COc1cc(CNc2ccc3nnc(C4CC4)n3n2)c2ccccc2n1. The lowest BCUT2D eigenvalue weighted by Gasteiger charge is -2.10. The Balaban J connectivity index is 1.46. The number of rotatable bonds is 5. The number of nitrogens with one attached hydrogen (secondary N) is 1. The summed E-state index contributed by atoms with van der Waals surface area (Å²) in [5, 5.41) is 17.7. The summed E-state index contributed by atoms with van der Waals surface area (Å²) in [7, 11) is 1.63. The molecule has 1 saturated carbocycles. The van der Waals surface area contributed by atoms with E-state index in [2.05, 4.69) is 31.7 Å². The Bertz CT molecular complexity index is 1100. The molecule has 0 aliphatic heterocycles. The highest BCUT2D eigenvalue weighted by molar-refractivity contribution is 5.83. The van der Waals surface area contributed by atoms with Crippen LogP contribution in [0.3, 0.4) is 0 Å². The van der Waals surface area contributed by atoms with Crippen molar-refractivity contribution in [3.8, 4) is 5.88 Å². The van der Waals surface area contributed by atoms with Gasteiger partial charge in [0.2, 0.25) is 5.88 Å². The van der Waals surface area contributed by atoms with Gasteiger partial charge in [-0.3, -0.25) is 0 Å². The van der Waals surface area contributed by atoms with E-state index in [1.165, 1.54) is 12.8 Å². The number of fused-ring (bicyclic) bond motifs is 2. The van der Waals surface area contributed by atoms with Crippen LogP contribution < -0.4 is 10.1 Å². The molecule has 1 fully saturated rings. The largest absolute Gasteiger partial charge is 0.481 e. The molecule has 0 saturated heterocycles. The summed E-state index contributed by atoms with van der Waals surface area (Å²) in [4.78, 5) is 4.50. The number of methoxy groups -OCH3 is 1. The van der Waals surface area contributed by atoms with E-state index in [1.807, 2.05) is 40.9 Å². The van der Waals surface area contributed by atoms with Gasteiger partial charge in [0.05, 0.1) is 12.6 Å². The number of anilines is 1. The second-order valence-corrected chi connectivity index (χ2v) is 6.52. The highest BCUT2D eigenvalue weighted by Crippen LogP contribution is 2.38. The fourth-order valence-electron chi connectivity index (χ4n) is 3.15. The van der Waals surface area contributed by atoms with E-state index >= 15 is 0 Å². The number of benzene rings is 1. The van der Waals surface area contributed by atoms with E-state index in [4.69, 9.17) is 4.74 Å². The van der Waals surface area contributed by atoms with Gasteiger partial charge in [0.15, 0.2) is 11.5 Å². The summed E-state index contributed by atoms with van der Waals surface area (Å²) in [6.07, 6.45) is 2.34. The normalized spacial score (nSPS) is 14.0. The third-order valence-corrected chi connectivity index (χ3v) is 4.68. The zero-order valence-electron chi connectivity index (χ0n) is 14.4. The maximum Gasteiger partial charge on any atom is 0.213 e. The lowest BCUT2D eigenvalue weighted by atomic mass is 10.1. The van der Waals surface area contributed by atoms with Crippen LogP contribution in [0.5, 0.6) is 5.88 Å². The number of para-hydroxylation sites is 1. The summed E-state index contributed by atoms with van der Waals surface area (Å²) >= 11 is 0. The highest BCUT2D eigenvalue weighted by Gasteiger charge is 2.29. The van der Waals surface area contributed by atoms with Crippen molar-refractivity contribution >= 4 is 22.4 Å². The molecule has 0 amide bonds. The smallest absolute Gasteiger partial charge is 0.213 e. The summed E-state index contributed by atoms with van der Waals surface area (Å²) in [5.74, 6) is 2.86. The number of nitrogens with zero attached hydrogens (tertiary/aromatic N) is 5. The summed E-state index contributed by atoms with van der Waals surface area (Å²) in [5.41, 5.74) is 2.82. The third-order valence-electron chi connectivity index (χ3n) is 4.68.